The summed E-state index contributed by atoms with van der Waals surface area (Å²) in [5.41, 5.74) is 2.47. The van der Waals surface area contributed by atoms with Crippen molar-refractivity contribution in [3.8, 4) is 5.75 Å². The molecule has 1 unspecified atom stereocenters. The molecule has 1 aromatic heterocycles. The highest BCUT2D eigenvalue weighted by molar-refractivity contribution is 6.11. The van der Waals surface area contributed by atoms with Crippen molar-refractivity contribution in [1.29, 1.82) is 0 Å². The van der Waals surface area contributed by atoms with Crippen LogP contribution in [0.15, 0.2) is 42.7 Å². The fraction of sp³-hybridized carbons (Fsp3) is 0.409. The third-order valence-corrected chi connectivity index (χ3v) is 5.68. The number of fused-ring (bicyclic) bond motifs is 1. The van der Waals surface area contributed by atoms with Gasteiger partial charge in [0, 0.05) is 31.0 Å². The van der Waals surface area contributed by atoms with Gasteiger partial charge >= 0.3 is 0 Å². The van der Waals surface area contributed by atoms with Gasteiger partial charge in [0.15, 0.2) is 0 Å². The average Bonchev–Trinajstić information content (AvgIpc) is 2.74. The van der Waals surface area contributed by atoms with Crippen LogP contribution in [0.2, 0.25) is 0 Å². The number of nitrogens with one attached hydrogen (secondary N) is 1. The molecular formula is C22H26N4O3. The fourth-order valence-electron chi connectivity index (χ4n) is 3.96. The molecule has 1 fully saturated rings. The molecule has 0 spiro atoms. The molecule has 1 saturated heterocycles. The lowest BCUT2D eigenvalue weighted by atomic mass is 10.0. The Bertz CT molecular complexity index is 908. The summed E-state index contributed by atoms with van der Waals surface area (Å²) in [5, 5.41) is 2.83. The number of carbonyl (C=O) groups is 2. The monoisotopic (exact) mass is 394 g/mol. The Balaban J connectivity index is 1.38. The number of aromatic nitrogens is 1. The first-order valence-corrected chi connectivity index (χ1v) is 10.0. The lowest BCUT2D eigenvalue weighted by Gasteiger charge is -2.38. The summed E-state index contributed by atoms with van der Waals surface area (Å²) in [6.07, 6.45) is 5.39. The summed E-state index contributed by atoms with van der Waals surface area (Å²) in [7, 11) is 0. The van der Waals surface area contributed by atoms with Gasteiger partial charge in [-0.3, -0.25) is 24.4 Å². The molecule has 3 heterocycles. The van der Waals surface area contributed by atoms with Crippen LogP contribution in [0, 0.1) is 6.92 Å². The van der Waals surface area contributed by atoms with Gasteiger partial charge in [0.1, 0.15) is 18.4 Å². The maximum atomic E-state index is 13.2. The van der Waals surface area contributed by atoms with Crippen LogP contribution in [0.4, 0.5) is 11.4 Å². The maximum absolute atomic E-state index is 13.2. The second-order valence-corrected chi connectivity index (χ2v) is 7.66. The van der Waals surface area contributed by atoms with Crippen LogP contribution in [0.5, 0.6) is 5.75 Å². The second-order valence-electron chi connectivity index (χ2n) is 7.66. The number of rotatable bonds is 4. The number of para-hydroxylation sites is 2. The molecule has 0 aliphatic carbocycles. The molecule has 1 aromatic carbocycles. The zero-order valence-electron chi connectivity index (χ0n) is 16.8. The Hall–Kier alpha value is -2.93. The molecule has 7 nitrogen and oxygen atoms in total. The van der Waals surface area contributed by atoms with E-state index in [9.17, 15) is 9.59 Å². The highest BCUT2D eigenvalue weighted by Gasteiger charge is 2.34. The number of pyridine rings is 1. The normalized spacial score (nSPS) is 18.7. The molecule has 0 radical (unpaired) electrons. The SMILES string of the molecule is Cc1cnccc1OC1CCN(C(C)C(=O)N2CC(=O)Nc3ccccc32)CC1. The average molecular weight is 394 g/mol. The number of ether oxygens (including phenoxy) is 1. The maximum Gasteiger partial charge on any atom is 0.244 e. The molecule has 152 valence electrons. The Morgan fingerprint density at radius 3 is 2.76 bits per heavy atom. The minimum absolute atomic E-state index is 0.0448. The molecule has 0 bridgehead atoms. The number of likely N-dealkylation sites (tertiary alicyclic amines) is 1. The first-order chi connectivity index (χ1) is 14.0. The highest BCUT2D eigenvalue weighted by Crippen LogP contribution is 2.30. The van der Waals surface area contributed by atoms with Crippen LogP contribution >= 0.6 is 0 Å². The molecule has 0 saturated carbocycles. The van der Waals surface area contributed by atoms with E-state index in [2.05, 4.69) is 15.2 Å². The van der Waals surface area contributed by atoms with E-state index in [4.69, 9.17) is 4.74 Å². The van der Waals surface area contributed by atoms with Crippen LogP contribution in [0.1, 0.15) is 25.3 Å². The van der Waals surface area contributed by atoms with E-state index in [1.54, 1.807) is 17.3 Å². The molecule has 4 rings (SSSR count). The lowest BCUT2D eigenvalue weighted by Crippen LogP contribution is -2.53. The van der Waals surface area contributed by atoms with Gasteiger partial charge < -0.3 is 10.1 Å². The third kappa shape index (κ3) is 4.10. The highest BCUT2D eigenvalue weighted by atomic mass is 16.5. The second kappa shape index (κ2) is 8.21. The van der Waals surface area contributed by atoms with Crippen LogP contribution < -0.4 is 15.0 Å². The zero-order valence-corrected chi connectivity index (χ0v) is 16.8. The number of aryl methyl sites for hydroxylation is 1. The number of benzene rings is 1. The van der Waals surface area contributed by atoms with E-state index in [0.717, 1.165) is 42.9 Å². The quantitative estimate of drug-likeness (QED) is 0.863. The minimum Gasteiger partial charge on any atom is -0.490 e. The van der Waals surface area contributed by atoms with E-state index in [1.165, 1.54) is 0 Å². The summed E-state index contributed by atoms with van der Waals surface area (Å²) < 4.78 is 6.14. The summed E-state index contributed by atoms with van der Waals surface area (Å²) in [5.74, 6) is 0.666. The van der Waals surface area contributed by atoms with Crippen molar-refractivity contribution in [3.63, 3.8) is 0 Å². The van der Waals surface area contributed by atoms with E-state index in [0.29, 0.717) is 5.69 Å². The number of hydrogen-bond donors (Lipinski definition) is 1. The summed E-state index contributed by atoms with van der Waals surface area (Å²) in [4.78, 5) is 33.1. The first kappa shape index (κ1) is 19.4. The van der Waals surface area contributed by atoms with E-state index in [-0.39, 0.29) is 30.5 Å². The molecule has 2 aliphatic heterocycles. The predicted molar refractivity (Wildman–Crippen MR) is 111 cm³/mol. The lowest BCUT2D eigenvalue weighted by molar-refractivity contribution is -0.126. The van der Waals surface area contributed by atoms with E-state index >= 15 is 0 Å². The topological polar surface area (TPSA) is 74.8 Å². The van der Waals surface area contributed by atoms with Crippen LogP contribution in [-0.4, -0.2) is 53.5 Å². The Morgan fingerprint density at radius 2 is 2.00 bits per heavy atom. The number of piperidine rings is 1. The molecule has 2 amide bonds. The molecule has 29 heavy (non-hydrogen) atoms. The Labute approximate surface area is 170 Å². The smallest absolute Gasteiger partial charge is 0.244 e. The summed E-state index contributed by atoms with van der Waals surface area (Å²) in [6, 6.07) is 9.03. The standard InChI is InChI=1S/C22H26N4O3/c1-15-13-23-10-7-20(15)29-17-8-11-25(12-9-17)16(2)22(28)26-14-21(27)24-18-5-3-4-6-19(18)26/h3-7,10,13,16-17H,8-9,11-12,14H2,1-2H3,(H,24,27). The number of nitrogens with zero attached hydrogens (tertiary/aromatic N) is 3. The van der Waals surface area contributed by atoms with Crippen molar-refractivity contribution < 1.29 is 14.3 Å². The van der Waals surface area contributed by atoms with Gasteiger partial charge in [0.25, 0.3) is 0 Å². The minimum atomic E-state index is -0.294. The van der Waals surface area contributed by atoms with Crippen molar-refractivity contribution in [2.45, 2.75) is 38.8 Å². The molecule has 2 aromatic rings. The van der Waals surface area contributed by atoms with Gasteiger partial charge in [-0.1, -0.05) is 12.1 Å². The first-order valence-electron chi connectivity index (χ1n) is 10.0. The van der Waals surface area contributed by atoms with Gasteiger partial charge in [-0.25, -0.2) is 0 Å². The Morgan fingerprint density at radius 1 is 1.24 bits per heavy atom. The van der Waals surface area contributed by atoms with Gasteiger partial charge in [-0.15, -0.1) is 0 Å². The number of anilines is 2. The van der Waals surface area contributed by atoms with E-state index < -0.39 is 0 Å². The van der Waals surface area contributed by atoms with Crippen molar-refractivity contribution in [2.75, 3.05) is 29.9 Å². The van der Waals surface area contributed by atoms with Crippen LogP contribution in [0.25, 0.3) is 0 Å². The van der Waals surface area contributed by atoms with Crippen molar-refractivity contribution in [1.82, 2.24) is 9.88 Å². The third-order valence-electron chi connectivity index (χ3n) is 5.68. The summed E-state index contributed by atoms with van der Waals surface area (Å²) >= 11 is 0. The van der Waals surface area contributed by atoms with Crippen molar-refractivity contribution in [2.24, 2.45) is 0 Å². The number of amides is 2. The van der Waals surface area contributed by atoms with Gasteiger partial charge in [-0.2, -0.15) is 0 Å². The van der Waals surface area contributed by atoms with Gasteiger partial charge in [0.05, 0.1) is 17.4 Å². The molecule has 2 aliphatic rings. The molecular weight excluding hydrogens is 368 g/mol. The summed E-state index contributed by atoms with van der Waals surface area (Å²) in [6.45, 7) is 5.53. The van der Waals surface area contributed by atoms with Gasteiger partial charge in [0.2, 0.25) is 11.8 Å². The predicted octanol–water partition coefficient (Wildman–Crippen LogP) is 2.61. The van der Waals surface area contributed by atoms with E-state index in [1.807, 2.05) is 44.2 Å². The van der Waals surface area contributed by atoms with Crippen molar-refractivity contribution >= 4 is 23.2 Å². The zero-order chi connectivity index (χ0) is 20.4. The molecule has 7 heteroatoms. The van der Waals surface area contributed by atoms with Crippen LogP contribution in [-0.2, 0) is 9.59 Å². The molecule has 1 atom stereocenters. The molecule has 1 N–H and O–H groups in total. The number of carbonyl (C=O) groups excluding carboxylic acids is 2. The van der Waals surface area contributed by atoms with Crippen LogP contribution in [0.3, 0.4) is 0 Å². The Kier molecular flexibility index (Phi) is 5.49. The van der Waals surface area contributed by atoms with Gasteiger partial charge in [-0.05, 0) is 44.9 Å². The fourth-order valence-corrected chi connectivity index (χ4v) is 3.96. The largest absolute Gasteiger partial charge is 0.490 e. The van der Waals surface area contributed by atoms with Crippen molar-refractivity contribution in [3.05, 3.63) is 48.3 Å². The number of hydrogen-bond acceptors (Lipinski definition) is 5.